The second kappa shape index (κ2) is 8.32. The lowest BCUT2D eigenvalue weighted by Crippen LogP contribution is -2.46. The monoisotopic (exact) mass is 362 g/mol. The lowest BCUT2D eigenvalue weighted by molar-refractivity contribution is -0.145. The first-order valence-corrected chi connectivity index (χ1v) is 8.20. The van der Waals surface area contributed by atoms with Crippen molar-refractivity contribution in [3.63, 3.8) is 0 Å². The third-order valence-corrected chi connectivity index (χ3v) is 4.24. The molecule has 26 heavy (non-hydrogen) atoms. The fourth-order valence-electron chi connectivity index (χ4n) is 2.84. The van der Waals surface area contributed by atoms with Crippen LogP contribution in [0.1, 0.15) is 23.2 Å². The maximum atomic E-state index is 12.4. The molecule has 1 fully saturated rings. The van der Waals surface area contributed by atoms with Gasteiger partial charge >= 0.3 is 12.0 Å². The number of hydrogen-bond donors (Lipinski definition) is 3. The van der Waals surface area contributed by atoms with Gasteiger partial charge < -0.3 is 26.0 Å². The second-order valence-electron chi connectivity index (χ2n) is 6.24. The smallest absolute Gasteiger partial charge is 0.316 e. The van der Waals surface area contributed by atoms with Gasteiger partial charge in [-0.15, -0.1) is 0 Å². The Kier molecular flexibility index (Phi) is 6.16. The van der Waals surface area contributed by atoms with Crippen molar-refractivity contribution < 1.29 is 24.3 Å². The van der Waals surface area contributed by atoms with Crippen LogP contribution in [0.15, 0.2) is 24.3 Å². The Hall–Kier alpha value is -3.10. The number of carboxylic acid groups (broad SMARTS) is 1. The number of nitrogens with zero attached hydrogens (tertiary/aromatic N) is 2. The fourth-order valence-corrected chi connectivity index (χ4v) is 2.84. The molecule has 1 saturated heterocycles. The zero-order chi connectivity index (χ0) is 19.3. The third kappa shape index (κ3) is 4.95. The highest BCUT2D eigenvalue weighted by atomic mass is 16.4. The molecule has 1 aromatic carbocycles. The number of benzene rings is 1. The standard InChI is InChI=1S/C17H22N4O5/c1-20(10-14(22)21-8-2-3-12(9-21)16(24)25)15(23)11-4-6-13(7-5-11)19-17(18)26/h4-7,12H,2-3,8-10H2,1H3,(H,24,25)(H3,18,19,26). The van der Waals surface area contributed by atoms with Gasteiger partial charge in [-0.3, -0.25) is 14.4 Å². The summed E-state index contributed by atoms with van der Waals surface area (Å²) in [6.45, 7) is 0.536. The molecule has 1 heterocycles. The van der Waals surface area contributed by atoms with E-state index in [1.807, 2.05) is 0 Å². The number of nitrogens with two attached hydrogens (primary N) is 1. The number of hydrogen-bond acceptors (Lipinski definition) is 4. The topological polar surface area (TPSA) is 133 Å². The quantitative estimate of drug-likeness (QED) is 0.704. The molecule has 0 bridgehead atoms. The van der Waals surface area contributed by atoms with E-state index in [1.54, 1.807) is 0 Å². The normalized spacial score (nSPS) is 16.7. The number of piperidine rings is 1. The SMILES string of the molecule is CN(CC(=O)N1CCCC(C(=O)O)C1)C(=O)c1ccc(NC(N)=O)cc1. The predicted molar refractivity (Wildman–Crippen MR) is 93.5 cm³/mol. The van der Waals surface area contributed by atoms with E-state index in [0.29, 0.717) is 30.6 Å². The number of carboxylic acids is 1. The molecule has 0 spiro atoms. The van der Waals surface area contributed by atoms with Gasteiger partial charge in [-0.2, -0.15) is 0 Å². The molecule has 1 unspecified atom stereocenters. The highest BCUT2D eigenvalue weighted by Crippen LogP contribution is 2.17. The van der Waals surface area contributed by atoms with E-state index < -0.39 is 17.9 Å². The number of carbonyl (C=O) groups excluding carboxylic acids is 3. The van der Waals surface area contributed by atoms with Crippen LogP contribution in [0.3, 0.4) is 0 Å². The van der Waals surface area contributed by atoms with Crippen LogP contribution in [0.5, 0.6) is 0 Å². The van der Waals surface area contributed by atoms with Crippen molar-refractivity contribution in [1.29, 1.82) is 0 Å². The first kappa shape index (κ1) is 19.2. The fraction of sp³-hybridized carbons (Fsp3) is 0.412. The Labute approximate surface area is 150 Å². The van der Waals surface area contributed by atoms with E-state index in [1.165, 1.54) is 41.1 Å². The molecule has 9 heteroatoms. The van der Waals surface area contributed by atoms with Crippen molar-refractivity contribution in [2.75, 3.05) is 32.0 Å². The van der Waals surface area contributed by atoms with Crippen LogP contribution in [0, 0.1) is 5.92 Å². The molecule has 0 aromatic heterocycles. The number of nitrogens with one attached hydrogen (secondary N) is 1. The van der Waals surface area contributed by atoms with E-state index in [-0.39, 0.29) is 24.9 Å². The molecule has 2 rings (SSSR count). The number of likely N-dealkylation sites (tertiary alicyclic amines) is 1. The predicted octanol–water partition coefficient (Wildman–Crippen LogP) is 0.572. The minimum absolute atomic E-state index is 0.132. The van der Waals surface area contributed by atoms with E-state index in [0.717, 1.165) is 0 Å². The minimum atomic E-state index is -0.906. The van der Waals surface area contributed by atoms with E-state index in [9.17, 15) is 19.2 Å². The highest BCUT2D eigenvalue weighted by Gasteiger charge is 2.29. The molecule has 9 nitrogen and oxygen atoms in total. The molecule has 4 amide bonds. The highest BCUT2D eigenvalue weighted by molar-refractivity contribution is 5.97. The van der Waals surface area contributed by atoms with Gasteiger partial charge in [0.1, 0.15) is 0 Å². The summed E-state index contributed by atoms with van der Waals surface area (Å²) < 4.78 is 0. The molecule has 0 radical (unpaired) electrons. The van der Waals surface area contributed by atoms with Gasteiger partial charge in [0.25, 0.3) is 5.91 Å². The lowest BCUT2D eigenvalue weighted by atomic mass is 9.98. The molecular formula is C17H22N4O5. The second-order valence-corrected chi connectivity index (χ2v) is 6.24. The Morgan fingerprint density at radius 2 is 1.92 bits per heavy atom. The lowest BCUT2D eigenvalue weighted by Gasteiger charge is -2.32. The maximum absolute atomic E-state index is 12.4. The van der Waals surface area contributed by atoms with Crippen LogP contribution < -0.4 is 11.1 Å². The average molecular weight is 362 g/mol. The van der Waals surface area contributed by atoms with Crippen molar-refractivity contribution in [3.8, 4) is 0 Å². The van der Waals surface area contributed by atoms with Gasteiger partial charge in [0, 0.05) is 31.4 Å². The van der Waals surface area contributed by atoms with Gasteiger partial charge in [-0.1, -0.05) is 0 Å². The first-order valence-electron chi connectivity index (χ1n) is 8.20. The molecule has 4 N–H and O–H groups in total. The largest absolute Gasteiger partial charge is 0.481 e. The Balaban J connectivity index is 1.94. The number of primary amides is 1. The number of likely N-dealkylation sites (N-methyl/N-ethyl adjacent to an activating group) is 1. The van der Waals surface area contributed by atoms with Crippen LogP contribution in [0.2, 0.25) is 0 Å². The molecular weight excluding hydrogens is 340 g/mol. The molecule has 1 atom stereocenters. The molecule has 0 saturated carbocycles. The van der Waals surface area contributed by atoms with Crippen LogP contribution >= 0.6 is 0 Å². The Morgan fingerprint density at radius 3 is 2.50 bits per heavy atom. The van der Waals surface area contributed by atoms with E-state index >= 15 is 0 Å². The van der Waals surface area contributed by atoms with Crippen molar-refractivity contribution in [2.24, 2.45) is 11.7 Å². The van der Waals surface area contributed by atoms with E-state index in [4.69, 9.17) is 10.8 Å². The number of carbonyl (C=O) groups is 4. The number of aliphatic carboxylic acids is 1. The van der Waals surface area contributed by atoms with Crippen molar-refractivity contribution in [2.45, 2.75) is 12.8 Å². The number of urea groups is 1. The van der Waals surface area contributed by atoms with Crippen LogP contribution in [-0.2, 0) is 9.59 Å². The van der Waals surface area contributed by atoms with Gasteiger partial charge in [-0.25, -0.2) is 4.79 Å². The zero-order valence-corrected chi connectivity index (χ0v) is 14.5. The zero-order valence-electron chi connectivity index (χ0n) is 14.5. The molecule has 1 aliphatic heterocycles. The average Bonchev–Trinajstić information content (AvgIpc) is 2.61. The molecule has 140 valence electrons. The third-order valence-electron chi connectivity index (χ3n) is 4.24. The van der Waals surface area contributed by atoms with Gasteiger partial charge in [0.2, 0.25) is 5.91 Å². The summed E-state index contributed by atoms with van der Waals surface area (Å²) in [6.07, 6.45) is 1.19. The van der Waals surface area contributed by atoms with Crippen molar-refractivity contribution >= 4 is 29.5 Å². The summed E-state index contributed by atoms with van der Waals surface area (Å²) >= 11 is 0. The summed E-state index contributed by atoms with van der Waals surface area (Å²) in [7, 11) is 1.51. The van der Waals surface area contributed by atoms with Crippen molar-refractivity contribution in [3.05, 3.63) is 29.8 Å². The van der Waals surface area contributed by atoms with Gasteiger partial charge in [-0.05, 0) is 37.1 Å². The van der Waals surface area contributed by atoms with Gasteiger partial charge in [0.05, 0.1) is 12.5 Å². The Bertz CT molecular complexity index is 704. The number of amides is 4. The Morgan fingerprint density at radius 1 is 1.27 bits per heavy atom. The maximum Gasteiger partial charge on any atom is 0.316 e. The van der Waals surface area contributed by atoms with E-state index in [2.05, 4.69) is 5.32 Å². The van der Waals surface area contributed by atoms with Crippen LogP contribution in [0.25, 0.3) is 0 Å². The molecule has 1 aromatic rings. The summed E-state index contributed by atoms with van der Waals surface area (Å²) in [4.78, 5) is 49.4. The summed E-state index contributed by atoms with van der Waals surface area (Å²) in [5.74, 6) is -2.09. The summed E-state index contributed by atoms with van der Waals surface area (Å²) in [6, 6.07) is 5.42. The van der Waals surface area contributed by atoms with Crippen LogP contribution in [0.4, 0.5) is 10.5 Å². The molecule has 1 aliphatic rings. The van der Waals surface area contributed by atoms with Gasteiger partial charge in [0.15, 0.2) is 0 Å². The first-order chi connectivity index (χ1) is 12.3. The number of rotatable bonds is 5. The summed E-state index contributed by atoms with van der Waals surface area (Å²) in [5.41, 5.74) is 5.84. The molecule has 0 aliphatic carbocycles. The number of anilines is 1. The van der Waals surface area contributed by atoms with Crippen LogP contribution in [-0.4, -0.2) is 65.4 Å². The summed E-state index contributed by atoms with van der Waals surface area (Å²) in [5, 5.41) is 11.5. The minimum Gasteiger partial charge on any atom is -0.481 e. The van der Waals surface area contributed by atoms with Crippen molar-refractivity contribution in [1.82, 2.24) is 9.80 Å².